The van der Waals surface area contributed by atoms with Gasteiger partial charge in [0.15, 0.2) is 0 Å². The summed E-state index contributed by atoms with van der Waals surface area (Å²) in [6.07, 6.45) is 2.04. The van der Waals surface area contributed by atoms with Gasteiger partial charge in [0.2, 0.25) is 6.10 Å². The van der Waals surface area contributed by atoms with Crippen LogP contribution >= 0.6 is 0 Å². The van der Waals surface area contributed by atoms with Crippen LogP contribution in [0, 0.1) is 0 Å². The Morgan fingerprint density at radius 2 is 1.52 bits per heavy atom. The summed E-state index contributed by atoms with van der Waals surface area (Å²) in [5, 5.41) is 0. The molecule has 0 aromatic heterocycles. The second-order valence-corrected chi connectivity index (χ2v) is 5.20. The van der Waals surface area contributed by atoms with E-state index in [1.54, 1.807) is 44.4 Å². The van der Waals surface area contributed by atoms with Crippen LogP contribution < -0.4 is 0 Å². The second-order valence-electron chi connectivity index (χ2n) is 5.20. The van der Waals surface area contributed by atoms with Crippen molar-refractivity contribution in [2.45, 2.75) is 6.10 Å². The van der Waals surface area contributed by atoms with E-state index in [9.17, 15) is 9.59 Å². The Hall–Kier alpha value is -2.88. The number of benzene rings is 2. The van der Waals surface area contributed by atoms with E-state index in [-0.39, 0.29) is 5.91 Å². The van der Waals surface area contributed by atoms with Gasteiger partial charge in [-0.15, -0.1) is 0 Å². The molecule has 0 aliphatic heterocycles. The Bertz CT molecular complexity index is 678. The van der Waals surface area contributed by atoms with Gasteiger partial charge in [-0.25, -0.2) is 4.79 Å². The summed E-state index contributed by atoms with van der Waals surface area (Å²) in [4.78, 5) is 25.7. The lowest BCUT2D eigenvalue weighted by molar-refractivity contribution is -0.155. The lowest BCUT2D eigenvalue weighted by Crippen LogP contribution is -2.30. The van der Waals surface area contributed by atoms with Gasteiger partial charge in [-0.3, -0.25) is 4.79 Å². The van der Waals surface area contributed by atoms with E-state index in [0.29, 0.717) is 5.56 Å². The molecule has 0 unspecified atom stereocenters. The summed E-state index contributed by atoms with van der Waals surface area (Å²) < 4.78 is 5.36. The molecule has 0 N–H and O–H groups in total. The first-order valence-electron chi connectivity index (χ1n) is 7.28. The maximum atomic E-state index is 12.3. The van der Waals surface area contributed by atoms with Crippen LogP contribution in [-0.2, 0) is 14.3 Å². The van der Waals surface area contributed by atoms with E-state index in [1.165, 1.54) is 11.0 Å². The molecule has 0 saturated heterocycles. The van der Waals surface area contributed by atoms with E-state index in [0.717, 1.165) is 5.56 Å². The van der Waals surface area contributed by atoms with Crippen molar-refractivity contribution in [2.24, 2.45) is 0 Å². The van der Waals surface area contributed by atoms with Crippen molar-refractivity contribution in [3.8, 4) is 0 Å². The predicted molar refractivity (Wildman–Crippen MR) is 89.4 cm³/mol. The fraction of sp³-hybridized carbons (Fsp3) is 0.158. The van der Waals surface area contributed by atoms with Gasteiger partial charge in [0.1, 0.15) is 0 Å². The van der Waals surface area contributed by atoms with Crippen molar-refractivity contribution in [1.29, 1.82) is 0 Å². The molecule has 1 atom stereocenters. The highest BCUT2D eigenvalue weighted by molar-refractivity contribution is 5.90. The summed E-state index contributed by atoms with van der Waals surface area (Å²) in [6, 6.07) is 18.4. The number of nitrogens with zero attached hydrogens (tertiary/aromatic N) is 1. The molecule has 23 heavy (non-hydrogen) atoms. The van der Waals surface area contributed by atoms with Gasteiger partial charge in [0, 0.05) is 25.7 Å². The number of carbonyl (C=O) groups is 2. The Kier molecular flexibility index (Phi) is 5.69. The molecule has 4 nitrogen and oxygen atoms in total. The van der Waals surface area contributed by atoms with Crippen LogP contribution in [0.3, 0.4) is 0 Å². The maximum absolute atomic E-state index is 12.3. The first-order valence-corrected chi connectivity index (χ1v) is 7.28. The minimum atomic E-state index is -0.945. The minimum Gasteiger partial charge on any atom is -0.444 e. The van der Waals surface area contributed by atoms with Gasteiger partial charge in [-0.05, 0) is 11.6 Å². The summed E-state index contributed by atoms with van der Waals surface area (Å²) >= 11 is 0. The molecule has 2 rings (SSSR count). The van der Waals surface area contributed by atoms with Crippen molar-refractivity contribution >= 4 is 18.0 Å². The molecule has 0 heterocycles. The van der Waals surface area contributed by atoms with Crippen LogP contribution in [0.2, 0.25) is 0 Å². The lowest BCUT2D eigenvalue weighted by Gasteiger charge is -2.20. The van der Waals surface area contributed by atoms with Gasteiger partial charge in [0.25, 0.3) is 5.91 Å². The van der Waals surface area contributed by atoms with Crippen LogP contribution in [-0.4, -0.2) is 30.9 Å². The van der Waals surface area contributed by atoms with Crippen molar-refractivity contribution in [3.05, 3.63) is 77.9 Å². The van der Waals surface area contributed by atoms with E-state index in [4.69, 9.17) is 4.74 Å². The topological polar surface area (TPSA) is 46.6 Å². The molecule has 4 heteroatoms. The van der Waals surface area contributed by atoms with E-state index < -0.39 is 12.1 Å². The molecule has 1 amide bonds. The molecule has 118 valence electrons. The molecule has 0 saturated carbocycles. The normalized spacial score (nSPS) is 11.9. The van der Waals surface area contributed by atoms with Crippen LogP contribution in [0.4, 0.5) is 0 Å². The van der Waals surface area contributed by atoms with Crippen LogP contribution in [0.5, 0.6) is 0 Å². The van der Waals surface area contributed by atoms with Gasteiger partial charge < -0.3 is 9.64 Å². The molecule has 2 aromatic rings. The largest absolute Gasteiger partial charge is 0.444 e. The fourth-order valence-electron chi connectivity index (χ4n) is 2.01. The first kappa shape index (κ1) is 16.5. The van der Waals surface area contributed by atoms with E-state index in [2.05, 4.69) is 0 Å². The van der Waals surface area contributed by atoms with Crippen molar-refractivity contribution in [3.63, 3.8) is 0 Å². The zero-order chi connectivity index (χ0) is 16.7. The second kappa shape index (κ2) is 7.94. The third-order valence-electron chi connectivity index (χ3n) is 3.21. The SMILES string of the molecule is CN(C)C(=O)[C@H](OC(=O)/C=C/c1ccccc1)c1ccccc1. The van der Waals surface area contributed by atoms with E-state index >= 15 is 0 Å². The van der Waals surface area contributed by atoms with Crippen molar-refractivity contribution < 1.29 is 14.3 Å². The fourth-order valence-corrected chi connectivity index (χ4v) is 2.01. The van der Waals surface area contributed by atoms with Gasteiger partial charge >= 0.3 is 5.97 Å². The molecule has 0 radical (unpaired) electrons. The molecule has 0 fully saturated rings. The summed E-state index contributed by atoms with van der Waals surface area (Å²) in [7, 11) is 3.26. The molecule has 0 spiro atoms. The van der Waals surface area contributed by atoms with Crippen LogP contribution in [0.1, 0.15) is 17.2 Å². The first-order chi connectivity index (χ1) is 11.1. The molecule has 0 aliphatic rings. The average molecular weight is 309 g/mol. The monoisotopic (exact) mass is 309 g/mol. The Balaban J connectivity index is 2.13. The summed E-state index contributed by atoms with van der Waals surface area (Å²) in [5.41, 5.74) is 1.53. The standard InChI is InChI=1S/C19H19NO3/c1-20(2)19(22)18(16-11-7-4-8-12-16)23-17(21)14-13-15-9-5-3-6-10-15/h3-14,18H,1-2H3/b14-13+/t18-/m1/s1. The smallest absolute Gasteiger partial charge is 0.331 e. The Morgan fingerprint density at radius 1 is 0.957 bits per heavy atom. The zero-order valence-corrected chi connectivity index (χ0v) is 13.2. The van der Waals surface area contributed by atoms with Gasteiger partial charge in [-0.2, -0.15) is 0 Å². The number of hydrogen-bond acceptors (Lipinski definition) is 3. The molecule has 0 bridgehead atoms. The number of rotatable bonds is 5. The van der Waals surface area contributed by atoms with Crippen molar-refractivity contribution in [1.82, 2.24) is 4.90 Å². The highest BCUT2D eigenvalue weighted by Gasteiger charge is 2.25. The van der Waals surface area contributed by atoms with Crippen molar-refractivity contribution in [2.75, 3.05) is 14.1 Å². The zero-order valence-electron chi connectivity index (χ0n) is 13.2. The number of hydrogen-bond donors (Lipinski definition) is 0. The summed E-state index contributed by atoms with van der Waals surface area (Å²) in [6.45, 7) is 0. The summed E-state index contributed by atoms with van der Waals surface area (Å²) in [5.74, 6) is -0.837. The predicted octanol–water partition coefficient (Wildman–Crippen LogP) is 3.07. The molecular weight excluding hydrogens is 290 g/mol. The number of esters is 1. The lowest BCUT2D eigenvalue weighted by atomic mass is 10.1. The number of ether oxygens (including phenoxy) is 1. The Morgan fingerprint density at radius 3 is 2.09 bits per heavy atom. The quantitative estimate of drug-likeness (QED) is 0.630. The number of carbonyl (C=O) groups excluding carboxylic acids is 2. The van der Waals surface area contributed by atoms with E-state index in [1.807, 2.05) is 36.4 Å². The number of amides is 1. The van der Waals surface area contributed by atoms with Gasteiger partial charge in [-0.1, -0.05) is 60.7 Å². The van der Waals surface area contributed by atoms with Crippen LogP contribution in [0.25, 0.3) is 6.08 Å². The number of likely N-dealkylation sites (N-methyl/N-ethyl adjacent to an activating group) is 1. The molecular formula is C19H19NO3. The third kappa shape index (κ3) is 4.81. The van der Waals surface area contributed by atoms with Gasteiger partial charge in [0.05, 0.1) is 0 Å². The Labute approximate surface area is 136 Å². The molecule has 0 aliphatic carbocycles. The highest BCUT2D eigenvalue weighted by Crippen LogP contribution is 2.19. The maximum Gasteiger partial charge on any atom is 0.331 e. The minimum absolute atomic E-state index is 0.280. The average Bonchev–Trinajstić information content (AvgIpc) is 2.59. The highest BCUT2D eigenvalue weighted by atomic mass is 16.5. The van der Waals surface area contributed by atoms with Crippen LogP contribution in [0.15, 0.2) is 66.7 Å². The molecule has 2 aromatic carbocycles. The third-order valence-corrected chi connectivity index (χ3v) is 3.21.